The lowest BCUT2D eigenvalue weighted by Gasteiger charge is -2.17. The van der Waals surface area contributed by atoms with Gasteiger partial charge < -0.3 is 21.5 Å². The zero-order valence-corrected chi connectivity index (χ0v) is 10.1. The number of carbonyl (C=O) groups is 3. The van der Waals surface area contributed by atoms with Crippen molar-refractivity contribution in [1.29, 1.82) is 0 Å². The summed E-state index contributed by atoms with van der Waals surface area (Å²) in [6.07, 6.45) is 0. The Kier molecular flexibility index (Phi) is 5.49. The monoisotopic (exact) mass is 265 g/mol. The predicted molar refractivity (Wildman–Crippen MR) is 66.6 cm³/mol. The third-order valence-corrected chi connectivity index (χ3v) is 2.28. The number of rotatable bonds is 6. The first kappa shape index (κ1) is 14.7. The number of aliphatic hydroxyl groups is 1. The highest BCUT2D eigenvalue weighted by molar-refractivity contribution is 5.91. The van der Waals surface area contributed by atoms with Crippen molar-refractivity contribution in [3.05, 3.63) is 35.9 Å². The second-order valence-corrected chi connectivity index (χ2v) is 3.75. The highest BCUT2D eigenvalue weighted by atomic mass is 16.3. The van der Waals surface area contributed by atoms with Crippen molar-refractivity contribution in [1.82, 2.24) is 10.6 Å². The van der Waals surface area contributed by atoms with Crippen LogP contribution in [-0.2, 0) is 14.4 Å². The van der Waals surface area contributed by atoms with Crippen LogP contribution in [0, 0.1) is 0 Å². The van der Waals surface area contributed by atoms with Gasteiger partial charge in [0.2, 0.25) is 17.7 Å². The van der Waals surface area contributed by atoms with Crippen molar-refractivity contribution in [2.24, 2.45) is 5.73 Å². The number of hydrogen-bond donors (Lipinski definition) is 4. The number of aliphatic hydroxyl groups excluding tert-OH is 1. The zero-order valence-electron chi connectivity index (χ0n) is 10.1. The average Bonchev–Trinajstić information content (AvgIpc) is 2.42. The molecule has 1 aromatic carbocycles. The van der Waals surface area contributed by atoms with Gasteiger partial charge in [-0.25, -0.2) is 0 Å². The van der Waals surface area contributed by atoms with Gasteiger partial charge in [0, 0.05) is 0 Å². The summed E-state index contributed by atoms with van der Waals surface area (Å²) in [4.78, 5) is 33.7. The number of nitrogens with two attached hydrogens (primary N) is 1. The Hall–Kier alpha value is -2.41. The Morgan fingerprint density at radius 1 is 1.21 bits per heavy atom. The van der Waals surface area contributed by atoms with Crippen LogP contribution in [0.3, 0.4) is 0 Å². The van der Waals surface area contributed by atoms with E-state index in [9.17, 15) is 14.4 Å². The summed E-state index contributed by atoms with van der Waals surface area (Å²) in [5, 5.41) is 13.4. The molecule has 19 heavy (non-hydrogen) atoms. The predicted octanol–water partition coefficient (Wildman–Crippen LogP) is -1.56. The molecule has 0 bridgehead atoms. The van der Waals surface area contributed by atoms with Crippen molar-refractivity contribution in [3.8, 4) is 0 Å². The average molecular weight is 265 g/mol. The van der Waals surface area contributed by atoms with Crippen molar-refractivity contribution in [2.45, 2.75) is 6.04 Å². The van der Waals surface area contributed by atoms with Gasteiger partial charge in [-0.15, -0.1) is 0 Å². The molecule has 3 amide bonds. The molecular formula is C12H15N3O4. The summed E-state index contributed by atoms with van der Waals surface area (Å²) in [5.74, 6) is -1.96. The standard InChI is InChI=1S/C12H15N3O4/c13-9(17)6-14-12(19)11(15-10(18)7-16)8-4-2-1-3-5-8/h1-5,11,16H,6-7H2,(H2,13,17)(H,14,19)(H,15,18)/t11-/m1/s1. The van der Waals surface area contributed by atoms with Gasteiger partial charge in [-0.05, 0) is 5.56 Å². The summed E-state index contributed by atoms with van der Waals surface area (Å²) in [5.41, 5.74) is 5.46. The first-order valence-electron chi connectivity index (χ1n) is 5.55. The number of primary amides is 1. The van der Waals surface area contributed by atoms with E-state index in [0.717, 1.165) is 0 Å². The summed E-state index contributed by atoms with van der Waals surface area (Å²) < 4.78 is 0. The topological polar surface area (TPSA) is 122 Å². The second-order valence-electron chi connectivity index (χ2n) is 3.75. The van der Waals surface area contributed by atoms with E-state index >= 15 is 0 Å². The summed E-state index contributed by atoms with van der Waals surface area (Å²) >= 11 is 0. The zero-order chi connectivity index (χ0) is 14.3. The van der Waals surface area contributed by atoms with Crippen LogP contribution in [0.5, 0.6) is 0 Å². The molecule has 0 aliphatic rings. The number of carbonyl (C=O) groups excluding carboxylic acids is 3. The molecule has 7 nitrogen and oxygen atoms in total. The van der Waals surface area contributed by atoms with Crippen molar-refractivity contribution in [3.63, 3.8) is 0 Å². The lowest BCUT2D eigenvalue weighted by molar-refractivity contribution is -0.131. The SMILES string of the molecule is NC(=O)CNC(=O)[C@H](NC(=O)CO)c1ccccc1. The van der Waals surface area contributed by atoms with Crippen molar-refractivity contribution in [2.75, 3.05) is 13.2 Å². The summed E-state index contributed by atoms with van der Waals surface area (Å²) in [6.45, 7) is -1.05. The van der Waals surface area contributed by atoms with Crippen molar-refractivity contribution < 1.29 is 19.5 Å². The maximum absolute atomic E-state index is 11.9. The molecule has 0 aromatic heterocycles. The molecule has 0 heterocycles. The Balaban J connectivity index is 2.83. The largest absolute Gasteiger partial charge is 0.387 e. The third-order valence-electron chi connectivity index (χ3n) is 2.28. The van der Waals surface area contributed by atoms with Gasteiger partial charge in [-0.3, -0.25) is 14.4 Å². The molecule has 0 saturated carbocycles. The number of nitrogens with one attached hydrogen (secondary N) is 2. The van der Waals surface area contributed by atoms with E-state index in [1.807, 2.05) is 0 Å². The van der Waals surface area contributed by atoms with Gasteiger partial charge in [-0.2, -0.15) is 0 Å². The first-order chi connectivity index (χ1) is 9.04. The van der Waals surface area contributed by atoms with Crippen LogP contribution >= 0.6 is 0 Å². The molecule has 0 spiro atoms. The lowest BCUT2D eigenvalue weighted by Crippen LogP contribution is -2.43. The van der Waals surface area contributed by atoms with E-state index in [1.54, 1.807) is 30.3 Å². The number of amides is 3. The molecule has 0 saturated heterocycles. The van der Waals surface area contributed by atoms with Gasteiger partial charge in [0.25, 0.3) is 0 Å². The molecule has 0 radical (unpaired) electrons. The number of hydrogen-bond acceptors (Lipinski definition) is 4. The molecule has 0 unspecified atom stereocenters. The highest BCUT2D eigenvalue weighted by Gasteiger charge is 2.22. The maximum Gasteiger partial charge on any atom is 0.247 e. The quantitative estimate of drug-likeness (QED) is 0.497. The van der Waals surface area contributed by atoms with E-state index in [2.05, 4.69) is 10.6 Å². The Labute approximate surface area is 109 Å². The molecule has 5 N–H and O–H groups in total. The molecule has 102 valence electrons. The summed E-state index contributed by atoms with van der Waals surface area (Å²) in [7, 11) is 0. The van der Waals surface area contributed by atoms with Gasteiger partial charge >= 0.3 is 0 Å². The number of benzene rings is 1. The molecular weight excluding hydrogens is 250 g/mol. The Morgan fingerprint density at radius 3 is 2.37 bits per heavy atom. The van der Waals surface area contributed by atoms with Crippen LogP contribution in [0.25, 0.3) is 0 Å². The minimum Gasteiger partial charge on any atom is -0.387 e. The normalized spacial score (nSPS) is 11.4. The van der Waals surface area contributed by atoms with Gasteiger partial charge in [-0.1, -0.05) is 30.3 Å². The van der Waals surface area contributed by atoms with Crippen LogP contribution in [0.1, 0.15) is 11.6 Å². The minimum absolute atomic E-state index is 0.322. The molecule has 0 aliphatic heterocycles. The molecule has 7 heteroatoms. The Morgan fingerprint density at radius 2 is 1.84 bits per heavy atom. The van der Waals surface area contributed by atoms with Crippen LogP contribution in [0.15, 0.2) is 30.3 Å². The van der Waals surface area contributed by atoms with Gasteiger partial charge in [0.15, 0.2) is 0 Å². The third kappa shape index (κ3) is 4.76. The molecule has 1 aromatic rings. The molecule has 1 rings (SSSR count). The van der Waals surface area contributed by atoms with Crippen LogP contribution in [-0.4, -0.2) is 36.0 Å². The Bertz CT molecular complexity index is 461. The lowest BCUT2D eigenvalue weighted by atomic mass is 10.1. The van der Waals surface area contributed by atoms with E-state index < -0.39 is 30.4 Å². The molecule has 1 atom stereocenters. The van der Waals surface area contributed by atoms with E-state index in [4.69, 9.17) is 10.8 Å². The molecule has 0 fully saturated rings. The van der Waals surface area contributed by atoms with E-state index in [-0.39, 0.29) is 6.54 Å². The fourth-order valence-electron chi connectivity index (χ4n) is 1.43. The van der Waals surface area contributed by atoms with Gasteiger partial charge in [0.1, 0.15) is 12.6 Å². The van der Waals surface area contributed by atoms with E-state index in [1.165, 1.54) is 0 Å². The van der Waals surface area contributed by atoms with Crippen molar-refractivity contribution >= 4 is 17.7 Å². The smallest absolute Gasteiger partial charge is 0.247 e. The highest BCUT2D eigenvalue weighted by Crippen LogP contribution is 2.12. The first-order valence-corrected chi connectivity index (χ1v) is 5.55. The fraction of sp³-hybridized carbons (Fsp3) is 0.250. The minimum atomic E-state index is -0.986. The molecule has 0 aliphatic carbocycles. The fourth-order valence-corrected chi connectivity index (χ4v) is 1.43. The van der Waals surface area contributed by atoms with Crippen LogP contribution < -0.4 is 16.4 Å². The van der Waals surface area contributed by atoms with Crippen LogP contribution in [0.2, 0.25) is 0 Å². The summed E-state index contributed by atoms with van der Waals surface area (Å²) in [6, 6.07) is 7.47. The van der Waals surface area contributed by atoms with Gasteiger partial charge in [0.05, 0.1) is 6.54 Å². The van der Waals surface area contributed by atoms with E-state index in [0.29, 0.717) is 5.56 Å². The van der Waals surface area contributed by atoms with Crippen LogP contribution in [0.4, 0.5) is 0 Å². The maximum atomic E-state index is 11.9. The second kappa shape index (κ2) is 7.12.